The molecular formula is C18H25NO. The lowest BCUT2D eigenvalue weighted by atomic mass is 10.1. The molecule has 1 amide bonds. The summed E-state index contributed by atoms with van der Waals surface area (Å²) in [7, 11) is 1.91. The molecule has 0 saturated heterocycles. The van der Waals surface area contributed by atoms with Crippen LogP contribution in [-0.4, -0.2) is 17.9 Å². The minimum Gasteiger partial charge on any atom is -0.341 e. The van der Waals surface area contributed by atoms with E-state index >= 15 is 0 Å². The highest BCUT2D eigenvalue weighted by Crippen LogP contribution is 2.60. The predicted molar refractivity (Wildman–Crippen MR) is 83.1 cm³/mol. The SMILES string of the molecule is CC(C)=C[C@@H]1[C@@H](C(=O)N(C)Cc2ccccc2)C1(C)C. The van der Waals surface area contributed by atoms with Crippen molar-refractivity contribution in [2.75, 3.05) is 7.05 Å². The molecule has 1 fully saturated rings. The van der Waals surface area contributed by atoms with Crippen molar-refractivity contribution in [3.8, 4) is 0 Å². The quantitative estimate of drug-likeness (QED) is 0.761. The van der Waals surface area contributed by atoms with Crippen LogP contribution in [0.2, 0.25) is 0 Å². The van der Waals surface area contributed by atoms with Crippen molar-refractivity contribution in [3.63, 3.8) is 0 Å². The Morgan fingerprint density at radius 3 is 2.40 bits per heavy atom. The second-order valence-corrected chi connectivity index (χ2v) is 6.75. The van der Waals surface area contributed by atoms with Gasteiger partial charge in [-0.1, -0.05) is 55.8 Å². The van der Waals surface area contributed by atoms with E-state index < -0.39 is 0 Å². The summed E-state index contributed by atoms with van der Waals surface area (Å²) in [5, 5.41) is 0. The molecule has 2 heteroatoms. The molecular weight excluding hydrogens is 246 g/mol. The van der Waals surface area contributed by atoms with Gasteiger partial charge in [-0.05, 0) is 30.7 Å². The Hall–Kier alpha value is -1.57. The van der Waals surface area contributed by atoms with Gasteiger partial charge in [0.2, 0.25) is 5.91 Å². The summed E-state index contributed by atoms with van der Waals surface area (Å²) in [4.78, 5) is 14.5. The maximum absolute atomic E-state index is 12.6. The number of allylic oxidation sites excluding steroid dienone is 2. The third-order valence-corrected chi connectivity index (χ3v) is 4.33. The minimum absolute atomic E-state index is 0.0965. The Morgan fingerprint density at radius 1 is 1.25 bits per heavy atom. The summed E-state index contributed by atoms with van der Waals surface area (Å²) >= 11 is 0. The van der Waals surface area contributed by atoms with Crippen molar-refractivity contribution < 1.29 is 4.79 Å². The van der Waals surface area contributed by atoms with Gasteiger partial charge in [0.05, 0.1) is 5.92 Å². The number of amides is 1. The lowest BCUT2D eigenvalue weighted by Crippen LogP contribution is -2.29. The third kappa shape index (κ3) is 2.95. The Labute approximate surface area is 122 Å². The summed E-state index contributed by atoms with van der Waals surface area (Å²) in [5.74, 6) is 0.783. The Kier molecular flexibility index (Phi) is 4.03. The number of rotatable bonds is 4. The molecule has 2 atom stereocenters. The van der Waals surface area contributed by atoms with Gasteiger partial charge < -0.3 is 4.90 Å². The van der Waals surface area contributed by atoms with Gasteiger partial charge in [-0.25, -0.2) is 0 Å². The van der Waals surface area contributed by atoms with Crippen molar-refractivity contribution >= 4 is 5.91 Å². The lowest BCUT2D eigenvalue weighted by molar-refractivity contribution is -0.132. The van der Waals surface area contributed by atoms with Crippen LogP contribution in [0.5, 0.6) is 0 Å². The lowest BCUT2D eigenvalue weighted by Gasteiger charge is -2.18. The van der Waals surface area contributed by atoms with E-state index in [1.54, 1.807) is 0 Å². The summed E-state index contributed by atoms with van der Waals surface area (Å²) in [5.41, 5.74) is 2.57. The second kappa shape index (κ2) is 5.43. The van der Waals surface area contributed by atoms with Crippen molar-refractivity contribution in [2.24, 2.45) is 17.3 Å². The largest absolute Gasteiger partial charge is 0.341 e. The van der Waals surface area contributed by atoms with Crippen molar-refractivity contribution in [1.82, 2.24) is 4.90 Å². The van der Waals surface area contributed by atoms with Crippen LogP contribution < -0.4 is 0 Å². The van der Waals surface area contributed by atoms with Gasteiger partial charge in [-0.3, -0.25) is 4.79 Å². The second-order valence-electron chi connectivity index (χ2n) is 6.75. The van der Waals surface area contributed by atoms with E-state index in [9.17, 15) is 4.79 Å². The number of hydrogen-bond donors (Lipinski definition) is 0. The molecule has 1 aromatic carbocycles. The van der Waals surface area contributed by atoms with E-state index in [0.717, 1.165) is 0 Å². The fourth-order valence-electron chi connectivity index (χ4n) is 2.99. The first-order valence-corrected chi connectivity index (χ1v) is 7.28. The van der Waals surface area contributed by atoms with E-state index in [-0.39, 0.29) is 17.2 Å². The molecule has 0 aliphatic heterocycles. The number of carbonyl (C=O) groups is 1. The highest BCUT2D eigenvalue weighted by atomic mass is 16.2. The summed E-state index contributed by atoms with van der Waals surface area (Å²) in [6.07, 6.45) is 2.25. The standard InChI is InChI=1S/C18H25NO/c1-13(2)11-15-16(18(15,3)4)17(20)19(5)12-14-9-7-6-8-10-14/h6-11,15-16H,12H2,1-5H3/t15-,16+/m1/s1. The van der Waals surface area contributed by atoms with Gasteiger partial charge in [0.15, 0.2) is 0 Å². The van der Waals surface area contributed by atoms with Crippen LogP contribution in [0.25, 0.3) is 0 Å². The molecule has 108 valence electrons. The maximum Gasteiger partial charge on any atom is 0.226 e. The zero-order valence-corrected chi connectivity index (χ0v) is 13.2. The molecule has 0 bridgehead atoms. The molecule has 0 radical (unpaired) electrons. The van der Waals surface area contributed by atoms with Gasteiger partial charge in [-0.15, -0.1) is 0 Å². The van der Waals surface area contributed by atoms with Crippen LogP contribution in [0.4, 0.5) is 0 Å². The van der Waals surface area contributed by atoms with Crippen LogP contribution in [0.15, 0.2) is 42.0 Å². The topological polar surface area (TPSA) is 20.3 Å². The number of benzene rings is 1. The fraction of sp³-hybridized carbons (Fsp3) is 0.500. The first-order chi connectivity index (χ1) is 9.34. The van der Waals surface area contributed by atoms with E-state index in [1.165, 1.54) is 11.1 Å². The Morgan fingerprint density at radius 2 is 1.85 bits per heavy atom. The van der Waals surface area contributed by atoms with E-state index in [1.807, 2.05) is 30.1 Å². The van der Waals surface area contributed by atoms with Crippen LogP contribution in [-0.2, 0) is 11.3 Å². The van der Waals surface area contributed by atoms with Gasteiger partial charge in [0.25, 0.3) is 0 Å². The number of hydrogen-bond acceptors (Lipinski definition) is 1. The maximum atomic E-state index is 12.6. The zero-order valence-electron chi connectivity index (χ0n) is 13.2. The van der Waals surface area contributed by atoms with Crippen LogP contribution in [0.3, 0.4) is 0 Å². The molecule has 0 aromatic heterocycles. The van der Waals surface area contributed by atoms with Crippen LogP contribution in [0, 0.1) is 17.3 Å². The average molecular weight is 271 g/mol. The third-order valence-electron chi connectivity index (χ3n) is 4.33. The first kappa shape index (κ1) is 14.8. The van der Waals surface area contributed by atoms with Gasteiger partial charge in [0.1, 0.15) is 0 Å². The fourth-order valence-corrected chi connectivity index (χ4v) is 2.99. The van der Waals surface area contributed by atoms with Crippen LogP contribution >= 0.6 is 0 Å². The Balaban J connectivity index is 2.03. The molecule has 2 rings (SSSR count). The molecule has 0 spiro atoms. The molecule has 20 heavy (non-hydrogen) atoms. The highest BCUT2D eigenvalue weighted by molar-refractivity contribution is 5.83. The van der Waals surface area contributed by atoms with E-state index in [4.69, 9.17) is 0 Å². The molecule has 2 nitrogen and oxygen atoms in total. The number of carbonyl (C=O) groups excluding carboxylic acids is 1. The summed E-state index contributed by atoms with van der Waals surface area (Å²) in [6, 6.07) is 10.2. The molecule has 1 saturated carbocycles. The Bertz CT molecular complexity index is 511. The molecule has 1 aliphatic rings. The van der Waals surface area contributed by atoms with Crippen molar-refractivity contribution in [3.05, 3.63) is 47.5 Å². The first-order valence-electron chi connectivity index (χ1n) is 7.28. The summed E-state index contributed by atoms with van der Waals surface area (Å²) < 4.78 is 0. The average Bonchev–Trinajstić information content (AvgIpc) is 2.90. The smallest absolute Gasteiger partial charge is 0.226 e. The van der Waals surface area contributed by atoms with Gasteiger partial charge in [-0.2, -0.15) is 0 Å². The molecule has 0 heterocycles. The van der Waals surface area contributed by atoms with Crippen LogP contribution in [0.1, 0.15) is 33.3 Å². The molecule has 1 aromatic rings. The zero-order chi connectivity index (χ0) is 14.9. The van der Waals surface area contributed by atoms with E-state index in [0.29, 0.717) is 12.5 Å². The molecule has 0 unspecified atom stereocenters. The molecule has 1 aliphatic carbocycles. The highest BCUT2D eigenvalue weighted by Gasteiger charge is 2.60. The van der Waals surface area contributed by atoms with Gasteiger partial charge >= 0.3 is 0 Å². The summed E-state index contributed by atoms with van der Waals surface area (Å²) in [6.45, 7) is 9.27. The minimum atomic E-state index is 0.0965. The normalized spacial score (nSPS) is 23.1. The van der Waals surface area contributed by atoms with E-state index in [2.05, 4.69) is 45.9 Å². The predicted octanol–water partition coefficient (Wildman–Crippen LogP) is 3.88. The van der Waals surface area contributed by atoms with Crippen molar-refractivity contribution in [2.45, 2.75) is 34.2 Å². The number of nitrogens with zero attached hydrogens (tertiary/aromatic N) is 1. The van der Waals surface area contributed by atoms with Crippen molar-refractivity contribution in [1.29, 1.82) is 0 Å². The monoisotopic (exact) mass is 271 g/mol. The molecule has 0 N–H and O–H groups in total. The van der Waals surface area contributed by atoms with Gasteiger partial charge in [0, 0.05) is 13.6 Å².